The van der Waals surface area contributed by atoms with Crippen molar-refractivity contribution in [2.75, 3.05) is 0 Å². The van der Waals surface area contributed by atoms with Gasteiger partial charge in [0.2, 0.25) is 0 Å². The van der Waals surface area contributed by atoms with E-state index in [1.807, 2.05) is 36.4 Å². The number of benzene rings is 4. The summed E-state index contributed by atoms with van der Waals surface area (Å²) in [5.74, 6) is 0. The third-order valence-corrected chi connectivity index (χ3v) is 5.95. The quantitative estimate of drug-likeness (QED) is 0.451. The van der Waals surface area contributed by atoms with E-state index in [4.69, 9.17) is 0 Å². The molecule has 0 spiro atoms. The first kappa shape index (κ1) is 15.3. The molecule has 0 saturated heterocycles. The van der Waals surface area contributed by atoms with Crippen LogP contribution in [-0.4, -0.2) is 12.6 Å². The van der Waals surface area contributed by atoms with Crippen LogP contribution in [0, 0.1) is 0 Å². The third kappa shape index (κ3) is 1.72. The van der Waals surface area contributed by atoms with Crippen molar-refractivity contribution in [3.05, 3.63) is 95.1 Å². The molecule has 4 aromatic carbocycles. The molecule has 2 aliphatic carbocycles. The summed E-state index contributed by atoms with van der Waals surface area (Å²) in [4.78, 5) is 24.4. The Morgan fingerprint density at radius 3 is 1.18 bits per heavy atom. The SMILES string of the molecule is O=CC1=C(C2=C(C=O)c3cccc4cccc2c34)c2cccc3cccc1c23. The first-order chi connectivity index (χ1) is 13.8. The number of hydrogen-bond acceptors (Lipinski definition) is 2. The van der Waals surface area contributed by atoms with Crippen molar-refractivity contribution in [3.63, 3.8) is 0 Å². The van der Waals surface area contributed by atoms with Gasteiger partial charge >= 0.3 is 0 Å². The van der Waals surface area contributed by atoms with Crippen molar-refractivity contribution < 1.29 is 9.59 Å². The lowest BCUT2D eigenvalue weighted by Crippen LogP contribution is -1.93. The Labute approximate surface area is 161 Å². The number of aldehydes is 2. The molecule has 2 aliphatic rings. The summed E-state index contributed by atoms with van der Waals surface area (Å²) in [6.45, 7) is 0. The summed E-state index contributed by atoms with van der Waals surface area (Å²) in [7, 11) is 0. The molecule has 28 heavy (non-hydrogen) atoms. The normalized spacial score (nSPS) is 14.4. The summed E-state index contributed by atoms with van der Waals surface area (Å²) in [5.41, 5.74) is 6.98. The van der Waals surface area contributed by atoms with Gasteiger partial charge in [-0.3, -0.25) is 9.59 Å². The van der Waals surface area contributed by atoms with Gasteiger partial charge in [0.15, 0.2) is 12.6 Å². The van der Waals surface area contributed by atoms with Crippen molar-refractivity contribution >= 4 is 56.4 Å². The molecular formula is C26H14O2. The maximum absolute atomic E-state index is 12.2. The maximum Gasteiger partial charge on any atom is 0.151 e. The zero-order valence-electron chi connectivity index (χ0n) is 14.9. The van der Waals surface area contributed by atoms with Crippen LogP contribution < -0.4 is 0 Å². The third-order valence-electron chi connectivity index (χ3n) is 5.95. The Bertz CT molecular complexity index is 1310. The van der Waals surface area contributed by atoms with Gasteiger partial charge in [0.1, 0.15) is 0 Å². The number of carbonyl (C=O) groups is 2. The van der Waals surface area contributed by atoms with Crippen molar-refractivity contribution in [3.8, 4) is 0 Å². The fraction of sp³-hybridized carbons (Fsp3) is 0. The summed E-state index contributed by atoms with van der Waals surface area (Å²) < 4.78 is 0. The average molecular weight is 358 g/mol. The highest BCUT2D eigenvalue weighted by molar-refractivity contribution is 6.44. The highest BCUT2D eigenvalue weighted by atomic mass is 16.1. The molecule has 0 unspecified atom stereocenters. The fourth-order valence-electron chi connectivity index (χ4n) is 4.89. The van der Waals surface area contributed by atoms with Gasteiger partial charge in [0.05, 0.1) is 0 Å². The zero-order valence-corrected chi connectivity index (χ0v) is 14.9. The molecule has 2 heteroatoms. The summed E-state index contributed by atoms with van der Waals surface area (Å²) in [5, 5.41) is 4.38. The standard InChI is InChI=1S/C26H14O2/c27-13-21-17-9-1-5-15-7-3-11-19(23(15)17)25(21)26-20-12-4-8-16-6-2-10-18(24(16)20)22(26)14-28/h1-14H. The van der Waals surface area contributed by atoms with Gasteiger partial charge < -0.3 is 0 Å². The van der Waals surface area contributed by atoms with Crippen LogP contribution in [0.15, 0.2) is 72.8 Å². The molecule has 0 amide bonds. The van der Waals surface area contributed by atoms with Crippen molar-refractivity contribution in [2.45, 2.75) is 0 Å². The Kier molecular flexibility index (Phi) is 2.93. The van der Waals surface area contributed by atoms with Crippen LogP contribution >= 0.6 is 0 Å². The molecule has 4 aromatic rings. The van der Waals surface area contributed by atoms with Crippen LogP contribution in [0.4, 0.5) is 0 Å². The van der Waals surface area contributed by atoms with Crippen molar-refractivity contribution in [2.24, 2.45) is 0 Å². The number of rotatable bonds is 3. The molecule has 0 fully saturated rings. The van der Waals surface area contributed by atoms with Crippen molar-refractivity contribution in [1.82, 2.24) is 0 Å². The first-order valence-corrected chi connectivity index (χ1v) is 9.27. The van der Waals surface area contributed by atoms with Gasteiger partial charge in [-0.05, 0) is 43.8 Å². The van der Waals surface area contributed by atoms with Gasteiger partial charge in [0, 0.05) is 22.3 Å². The number of hydrogen-bond donors (Lipinski definition) is 0. The number of allylic oxidation sites excluding steroid dienone is 4. The average Bonchev–Trinajstić information content (AvgIpc) is 3.23. The van der Waals surface area contributed by atoms with Crippen LogP contribution in [0.2, 0.25) is 0 Å². The largest absolute Gasteiger partial charge is 0.298 e. The van der Waals surface area contributed by atoms with E-state index in [9.17, 15) is 9.59 Å². The molecule has 2 nitrogen and oxygen atoms in total. The highest BCUT2D eigenvalue weighted by Crippen LogP contribution is 2.53. The van der Waals surface area contributed by atoms with Gasteiger partial charge in [-0.2, -0.15) is 0 Å². The van der Waals surface area contributed by atoms with E-state index < -0.39 is 0 Å². The Morgan fingerprint density at radius 1 is 0.464 bits per heavy atom. The molecule has 0 saturated carbocycles. The summed E-state index contributed by atoms with van der Waals surface area (Å²) >= 11 is 0. The Hall–Kier alpha value is -3.78. The summed E-state index contributed by atoms with van der Waals surface area (Å²) in [6.07, 6.45) is 1.87. The van der Waals surface area contributed by atoms with Crippen LogP contribution in [0.5, 0.6) is 0 Å². The molecule has 0 radical (unpaired) electrons. The smallest absolute Gasteiger partial charge is 0.151 e. The Balaban J connectivity index is 1.79. The lowest BCUT2D eigenvalue weighted by molar-refractivity contribution is -0.104. The second-order valence-corrected chi connectivity index (χ2v) is 7.23. The lowest BCUT2D eigenvalue weighted by Gasteiger charge is -2.11. The number of carbonyl (C=O) groups excluding carboxylic acids is 2. The highest BCUT2D eigenvalue weighted by Gasteiger charge is 2.32. The van der Waals surface area contributed by atoms with Gasteiger partial charge in [-0.1, -0.05) is 72.8 Å². The second kappa shape index (κ2) is 5.37. The minimum absolute atomic E-state index is 0.658. The second-order valence-electron chi connectivity index (χ2n) is 7.23. The molecule has 0 N–H and O–H groups in total. The van der Waals surface area contributed by atoms with E-state index in [-0.39, 0.29) is 0 Å². The van der Waals surface area contributed by atoms with Crippen molar-refractivity contribution in [1.29, 1.82) is 0 Å². The molecule has 130 valence electrons. The van der Waals surface area contributed by atoms with Crippen LogP contribution in [-0.2, 0) is 9.59 Å². The van der Waals surface area contributed by atoms with Crippen LogP contribution in [0.25, 0.3) is 43.8 Å². The van der Waals surface area contributed by atoms with E-state index in [0.717, 1.165) is 67.5 Å². The van der Waals surface area contributed by atoms with E-state index >= 15 is 0 Å². The minimum atomic E-state index is 0.658. The lowest BCUT2D eigenvalue weighted by atomic mass is 9.90. The topological polar surface area (TPSA) is 34.1 Å². The fourth-order valence-corrected chi connectivity index (χ4v) is 4.89. The first-order valence-electron chi connectivity index (χ1n) is 9.27. The molecule has 0 aromatic heterocycles. The maximum atomic E-state index is 12.2. The molecule has 0 heterocycles. The van der Waals surface area contributed by atoms with Gasteiger partial charge in [0.25, 0.3) is 0 Å². The van der Waals surface area contributed by atoms with E-state index in [1.54, 1.807) is 0 Å². The monoisotopic (exact) mass is 358 g/mol. The molecule has 0 aliphatic heterocycles. The summed E-state index contributed by atoms with van der Waals surface area (Å²) in [6, 6.07) is 24.3. The predicted molar refractivity (Wildman–Crippen MR) is 114 cm³/mol. The van der Waals surface area contributed by atoms with Crippen LogP contribution in [0.3, 0.4) is 0 Å². The van der Waals surface area contributed by atoms with E-state index in [1.165, 1.54) is 0 Å². The van der Waals surface area contributed by atoms with E-state index in [2.05, 4.69) is 36.4 Å². The molecule has 0 bridgehead atoms. The molecule has 0 atom stereocenters. The zero-order chi connectivity index (χ0) is 18.8. The predicted octanol–water partition coefficient (Wildman–Crippen LogP) is 5.54. The Morgan fingerprint density at radius 2 is 0.821 bits per heavy atom. The minimum Gasteiger partial charge on any atom is -0.298 e. The van der Waals surface area contributed by atoms with Gasteiger partial charge in [-0.15, -0.1) is 0 Å². The molecule has 6 rings (SSSR count). The van der Waals surface area contributed by atoms with Gasteiger partial charge in [-0.25, -0.2) is 0 Å². The van der Waals surface area contributed by atoms with Crippen LogP contribution in [0.1, 0.15) is 22.3 Å². The molecular weight excluding hydrogens is 344 g/mol. The van der Waals surface area contributed by atoms with E-state index in [0.29, 0.717) is 11.1 Å².